The van der Waals surface area contributed by atoms with Crippen molar-refractivity contribution in [1.82, 2.24) is 13.7 Å². The van der Waals surface area contributed by atoms with Gasteiger partial charge in [-0.15, -0.1) is 0 Å². The Balaban J connectivity index is 1.01. The zero-order valence-corrected chi connectivity index (χ0v) is 35.1. The molecule has 0 bridgehead atoms. The van der Waals surface area contributed by atoms with E-state index in [1.54, 1.807) is 0 Å². The lowest BCUT2D eigenvalue weighted by Crippen LogP contribution is -2.37. The molecule has 0 radical (unpaired) electrons. The van der Waals surface area contributed by atoms with E-state index in [1.165, 1.54) is 66.0 Å². The summed E-state index contributed by atoms with van der Waals surface area (Å²) >= 11 is 0. The maximum absolute atomic E-state index is 7.34. The van der Waals surface area contributed by atoms with Gasteiger partial charge in [-0.2, -0.15) is 0 Å². The van der Waals surface area contributed by atoms with Crippen molar-refractivity contribution in [3.63, 3.8) is 0 Å². The summed E-state index contributed by atoms with van der Waals surface area (Å²) < 4.78 is 14.7. The minimum absolute atomic E-state index is 0.655. The molecule has 4 nitrogen and oxygen atoms in total. The number of hydrogen-bond acceptors (Lipinski definition) is 1. The first-order valence-electron chi connectivity index (χ1n) is 22.4. The topological polar surface area (TPSA) is 24.0 Å². The molecule has 0 N–H and O–H groups in total. The predicted octanol–water partition coefficient (Wildman–Crippen LogP) is 15.4. The van der Waals surface area contributed by atoms with Crippen LogP contribution in [0.15, 0.2) is 224 Å². The van der Waals surface area contributed by atoms with Crippen LogP contribution in [0.25, 0.3) is 93.6 Å². The molecule has 5 heterocycles. The van der Waals surface area contributed by atoms with E-state index >= 15 is 0 Å². The van der Waals surface area contributed by atoms with Crippen molar-refractivity contribution >= 4 is 65.4 Å². The van der Waals surface area contributed by atoms with E-state index in [1.807, 2.05) is 0 Å². The number of benzene rings is 10. The van der Waals surface area contributed by atoms with E-state index in [0.29, 0.717) is 0 Å². The Morgan fingerprint density at radius 2 is 0.892 bits per heavy atom. The molecule has 65 heavy (non-hydrogen) atoms. The van der Waals surface area contributed by atoms with Crippen molar-refractivity contribution in [3.8, 4) is 39.7 Å². The number of rotatable bonds is 3. The van der Waals surface area contributed by atoms with Gasteiger partial charge in [-0.3, -0.25) is 0 Å². The minimum Gasteiger partial charge on any atom is -0.456 e. The zero-order valence-electron chi connectivity index (χ0n) is 35.1. The average molecular weight is 828 g/mol. The van der Waals surface area contributed by atoms with Crippen LogP contribution in [0.3, 0.4) is 0 Å². The van der Waals surface area contributed by atoms with Crippen molar-refractivity contribution in [2.75, 3.05) is 0 Å². The molecule has 10 aromatic carbocycles. The molecule has 0 fully saturated rings. The third-order valence-electron chi connectivity index (χ3n) is 14.5. The van der Waals surface area contributed by atoms with E-state index in [0.717, 1.165) is 61.3 Å². The molecule has 2 aliphatic heterocycles. The summed E-state index contributed by atoms with van der Waals surface area (Å²) in [7, 11) is 0. The van der Waals surface area contributed by atoms with Crippen LogP contribution >= 0.6 is 0 Å². The van der Waals surface area contributed by atoms with Gasteiger partial charge in [-0.25, -0.2) is 0 Å². The Bertz CT molecular complexity index is 4150. The summed E-state index contributed by atoms with van der Waals surface area (Å²) in [5, 5.41) is 7.24. The fourth-order valence-electron chi connectivity index (χ4n) is 11.9. The quantitative estimate of drug-likeness (QED) is 0.174. The first kappa shape index (κ1) is 34.9. The molecule has 0 saturated heterocycles. The fraction of sp³-hybridized carbons (Fsp3) is 0.0164. The number of hydrogen-bond donors (Lipinski definition) is 0. The van der Waals surface area contributed by atoms with Gasteiger partial charge in [0.25, 0.3) is 0 Å². The summed E-state index contributed by atoms with van der Waals surface area (Å²) in [5.74, 6) is 1.78. The Labute approximate surface area is 374 Å². The maximum Gasteiger partial charge on any atom is 0.142 e. The van der Waals surface area contributed by atoms with Crippen molar-refractivity contribution < 1.29 is 4.74 Å². The van der Waals surface area contributed by atoms with Gasteiger partial charge in [-0.1, -0.05) is 164 Å². The first-order valence-corrected chi connectivity index (χ1v) is 22.4. The van der Waals surface area contributed by atoms with Crippen molar-refractivity contribution in [1.29, 1.82) is 0 Å². The smallest absolute Gasteiger partial charge is 0.142 e. The van der Waals surface area contributed by atoms with Crippen LogP contribution in [0.4, 0.5) is 0 Å². The maximum atomic E-state index is 7.34. The van der Waals surface area contributed by atoms with Crippen molar-refractivity contribution in [3.05, 3.63) is 247 Å². The molecule has 1 spiro atoms. The van der Waals surface area contributed by atoms with Gasteiger partial charge >= 0.3 is 0 Å². The van der Waals surface area contributed by atoms with Crippen LogP contribution in [-0.2, 0) is 5.41 Å². The Kier molecular flexibility index (Phi) is 6.85. The molecule has 302 valence electrons. The first-order chi connectivity index (χ1) is 32.3. The molecular weight excluding hydrogens is 791 g/mol. The van der Waals surface area contributed by atoms with E-state index in [9.17, 15) is 0 Å². The summed E-state index contributed by atoms with van der Waals surface area (Å²) in [6.07, 6.45) is 0. The lowest BCUT2D eigenvalue weighted by Gasteiger charge is -2.45. The molecule has 3 aromatic heterocycles. The number of nitrogens with zero attached hydrogens (tertiary/aromatic N) is 3. The third kappa shape index (κ3) is 4.45. The van der Waals surface area contributed by atoms with Gasteiger partial charge < -0.3 is 18.4 Å². The zero-order chi connectivity index (χ0) is 42.4. The van der Waals surface area contributed by atoms with Gasteiger partial charge in [0.05, 0.1) is 49.6 Å². The molecule has 2 aliphatic rings. The van der Waals surface area contributed by atoms with Crippen LogP contribution in [0.1, 0.15) is 22.3 Å². The van der Waals surface area contributed by atoms with Crippen LogP contribution in [0.5, 0.6) is 11.5 Å². The number of aromatic nitrogens is 3. The monoisotopic (exact) mass is 827 g/mol. The van der Waals surface area contributed by atoms with Crippen LogP contribution < -0.4 is 4.74 Å². The van der Waals surface area contributed by atoms with Gasteiger partial charge in [0, 0.05) is 49.4 Å². The predicted molar refractivity (Wildman–Crippen MR) is 267 cm³/mol. The molecule has 0 saturated carbocycles. The highest BCUT2D eigenvalue weighted by molar-refractivity contribution is 6.16. The molecule has 0 aliphatic carbocycles. The van der Waals surface area contributed by atoms with Crippen LogP contribution in [0, 0.1) is 0 Å². The van der Waals surface area contributed by atoms with Crippen molar-refractivity contribution in [2.24, 2.45) is 0 Å². The molecule has 1 atom stereocenters. The summed E-state index contributed by atoms with van der Waals surface area (Å²) in [6.45, 7) is 0. The summed E-state index contributed by atoms with van der Waals surface area (Å²) in [6, 6.07) is 82.3. The van der Waals surface area contributed by atoms with Gasteiger partial charge in [0.2, 0.25) is 0 Å². The molecule has 15 rings (SSSR count). The second-order valence-corrected chi connectivity index (χ2v) is 17.6. The molecule has 13 aromatic rings. The van der Waals surface area contributed by atoms with E-state index in [4.69, 9.17) is 4.74 Å². The minimum atomic E-state index is -0.655. The SMILES string of the molecule is c1ccc(-c2ccc(-n3c4ccccc4c4ccc(-n5c6ccccc6c6c7c(ccc65)[C@@]5(c6ccccc6O7)c6ccccc6-n6c7ccccc7c7cccc5c76)cc43)cc2)cc1. The average Bonchev–Trinajstić information content (AvgIpc) is 4.02. The van der Waals surface area contributed by atoms with E-state index < -0.39 is 5.41 Å². The van der Waals surface area contributed by atoms with E-state index in [2.05, 4.69) is 238 Å². The molecule has 4 heteroatoms. The summed E-state index contributed by atoms with van der Waals surface area (Å²) in [5.41, 5.74) is 17.0. The molecule has 0 unspecified atom stereocenters. The number of ether oxygens (including phenoxy) is 1. The van der Waals surface area contributed by atoms with Crippen molar-refractivity contribution in [2.45, 2.75) is 5.41 Å². The van der Waals surface area contributed by atoms with Crippen LogP contribution in [0.2, 0.25) is 0 Å². The van der Waals surface area contributed by atoms with Gasteiger partial charge in [0.15, 0.2) is 0 Å². The Morgan fingerprint density at radius 3 is 1.71 bits per heavy atom. The number of fused-ring (bicyclic) bond motifs is 18. The fourth-order valence-corrected chi connectivity index (χ4v) is 11.9. The highest BCUT2D eigenvalue weighted by Crippen LogP contribution is 2.62. The highest BCUT2D eigenvalue weighted by Gasteiger charge is 2.51. The van der Waals surface area contributed by atoms with E-state index in [-0.39, 0.29) is 0 Å². The number of para-hydroxylation sites is 6. The lowest BCUT2D eigenvalue weighted by atomic mass is 9.61. The normalized spacial score (nSPS) is 15.0. The van der Waals surface area contributed by atoms with Gasteiger partial charge in [0.1, 0.15) is 11.5 Å². The Morgan fingerprint density at radius 1 is 0.323 bits per heavy atom. The van der Waals surface area contributed by atoms with Gasteiger partial charge in [-0.05, 0) is 82.9 Å². The second-order valence-electron chi connectivity index (χ2n) is 17.6. The summed E-state index contributed by atoms with van der Waals surface area (Å²) in [4.78, 5) is 0. The highest BCUT2D eigenvalue weighted by atomic mass is 16.5. The second kappa shape index (κ2) is 12.7. The Hall–Kier alpha value is -8.60. The van der Waals surface area contributed by atoms with Crippen LogP contribution in [-0.4, -0.2) is 13.7 Å². The third-order valence-corrected chi connectivity index (χ3v) is 14.5. The molecule has 0 amide bonds. The lowest BCUT2D eigenvalue weighted by molar-refractivity contribution is 0.439. The molecular formula is C61H37N3O. The standard InChI is InChI=1S/C61H37N3O/c1-2-15-38(16-3-1)39-29-31-40(32-30-39)62-51-24-9-4-17-42(51)44-34-33-41(37-56(44)62)63-53-26-11-6-19-46(53)58-55(63)36-35-50-60(58)65-57-28-13-8-22-48(57)61(50)47-21-7-12-27-54(47)64-52-25-10-5-18-43(52)45-20-14-23-49(61)59(45)64/h1-37H/t61-/m1/s1. The largest absolute Gasteiger partial charge is 0.456 e.